The van der Waals surface area contributed by atoms with Gasteiger partial charge in [0, 0.05) is 0 Å². The first kappa shape index (κ1) is 10.9. The van der Waals surface area contributed by atoms with Crippen LogP contribution in [0.15, 0.2) is 48.5 Å². The van der Waals surface area contributed by atoms with Gasteiger partial charge in [-0.2, -0.15) is 4.79 Å². The highest BCUT2D eigenvalue weighted by atomic mass is 16.3. The van der Waals surface area contributed by atoms with Crippen LogP contribution in [0.2, 0.25) is 0 Å². The molecule has 2 aromatic carbocycles. The van der Waals surface area contributed by atoms with Crippen LogP contribution < -0.4 is 0 Å². The van der Waals surface area contributed by atoms with E-state index >= 15 is 0 Å². The quantitative estimate of drug-likeness (QED) is 0.467. The number of rotatable bonds is 2. The second-order valence-electron chi connectivity index (χ2n) is 3.54. The molecular weight excluding hydrogens is 216 g/mol. The number of nitrogens with zero attached hydrogens (tertiary/aromatic N) is 2. The summed E-state index contributed by atoms with van der Waals surface area (Å²) in [6.07, 6.45) is 0. The summed E-state index contributed by atoms with van der Waals surface area (Å²) in [6, 6.07) is 12.7. The van der Waals surface area contributed by atoms with Crippen molar-refractivity contribution in [3.05, 3.63) is 65.2 Å². The van der Waals surface area contributed by atoms with Crippen LogP contribution in [0.4, 0.5) is 0 Å². The van der Waals surface area contributed by atoms with Crippen molar-refractivity contribution < 1.29 is 15.0 Å². The lowest BCUT2D eigenvalue weighted by Crippen LogP contribution is -2.03. The molecule has 2 N–H and O–H groups in total. The van der Waals surface area contributed by atoms with Crippen molar-refractivity contribution in [3.8, 4) is 11.5 Å². The van der Waals surface area contributed by atoms with E-state index in [-0.39, 0.29) is 11.5 Å². The standard InChI is InChI=1S/C13H10N2O2/c14-15-13(9-1-5-11(16)6-2-9)10-3-7-12(17)8-4-10/h1-8,16-17H. The zero-order valence-electron chi connectivity index (χ0n) is 8.91. The van der Waals surface area contributed by atoms with Gasteiger partial charge in [-0.1, -0.05) is 0 Å². The van der Waals surface area contributed by atoms with Gasteiger partial charge in [0.25, 0.3) is 0 Å². The summed E-state index contributed by atoms with van der Waals surface area (Å²) >= 11 is 0. The molecule has 0 bridgehead atoms. The second-order valence-corrected chi connectivity index (χ2v) is 3.54. The molecule has 0 radical (unpaired) electrons. The molecule has 0 aliphatic carbocycles. The van der Waals surface area contributed by atoms with E-state index in [9.17, 15) is 10.2 Å². The first-order chi connectivity index (χ1) is 8.20. The van der Waals surface area contributed by atoms with Crippen molar-refractivity contribution in [2.75, 3.05) is 0 Å². The van der Waals surface area contributed by atoms with Crippen LogP contribution in [0.3, 0.4) is 0 Å². The highest BCUT2D eigenvalue weighted by Crippen LogP contribution is 2.16. The molecule has 0 spiro atoms. The van der Waals surface area contributed by atoms with Crippen molar-refractivity contribution in [2.24, 2.45) is 0 Å². The third-order valence-corrected chi connectivity index (χ3v) is 2.38. The highest BCUT2D eigenvalue weighted by Gasteiger charge is 2.14. The molecule has 2 rings (SSSR count). The van der Waals surface area contributed by atoms with Gasteiger partial charge < -0.3 is 15.7 Å². The average Bonchev–Trinajstić information content (AvgIpc) is 2.35. The van der Waals surface area contributed by atoms with E-state index in [1.54, 1.807) is 24.3 Å². The summed E-state index contributed by atoms with van der Waals surface area (Å²) in [5.74, 6) is 0.300. The minimum atomic E-state index is 0.150. The molecule has 4 heteroatoms. The third kappa shape index (κ3) is 2.33. The topological polar surface area (TPSA) is 76.9 Å². The van der Waals surface area contributed by atoms with Crippen molar-refractivity contribution in [2.45, 2.75) is 0 Å². The maximum Gasteiger partial charge on any atom is 0.329 e. The molecule has 84 valence electrons. The summed E-state index contributed by atoms with van der Waals surface area (Å²) in [4.78, 5) is 3.24. The normalized spacial score (nSPS) is 9.65. The monoisotopic (exact) mass is 226 g/mol. The minimum Gasteiger partial charge on any atom is -0.508 e. The Bertz CT molecular complexity index is 520. The number of phenols is 2. The number of hydrogen-bond donors (Lipinski definition) is 2. The maximum atomic E-state index is 9.18. The zero-order chi connectivity index (χ0) is 12.3. The average molecular weight is 226 g/mol. The van der Waals surface area contributed by atoms with E-state index in [2.05, 4.69) is 4.79 Å². The summed E-state index contributed by atoms with van der Waals surface area (Å²) in [6.45, 7) is 0. The van der Waals surface area contributed by atoms with E-state index in [0.29, 0.717) is 16.8 Å². The summed E-state index contributed by atoms with van der Waals surface area (Å²) in [5, 5.41) is 18.4. The minimum absolute atomic E-state index is 0.150. The van der Waals surface area contributed by atoms with Gasteiger partial charge in [-0.05, 0) is 48.5 Å². The van der Waals surface area contributed by atoms with Gasteiger partial charge in [-0.25, -0.2) is 0 Å². The van der Waals surface area contributed by atoms with Crippen molar-refractivity contribution in [1.82, 2.24) is 0 Å². The Morgan fingerprint density at radius 2 is 1.12 bits per heavy atom. The molecule has 0 aliphatic rings. The number of aromatic hydroxyl groups is 2. The van der Waals surface area contributed by atoms with Crippen LogP contribution in [0.1, 0.15) is 11.1 Å². The molecule has 0 amide bonds. The van der Waals surface area contributed by atoms with Crippen LogP contribution in [-0.4, -0.2) is 20.7 Å². The Labute approximate surface area is 98.0 Å². The molecule has 0 heterocycles. The lowest BCUT2D eigenvalue weighted by atomic mass is 10.0. The lowest BCUT2D eigenvalue weighted by molar-refractivity contribution is -0.00279. The number of hydrogen-bond acceptors (Lipinski definition) is 2. The predicted octanol–water partition coefficient (Wildman–Crippen LogP) is 2.17. The number of benzene rings is 2. The Kier molecular flexibility index (Phi) is 2.90. The molecule has 2 aromatic rings. The van der Waals surface area contributed by atoms with Crippen LogP contribution in [0, 0.1) is 0 Å². The van der Waals surface area contributed by atoms with Crippen LogP contribution in [0.5, 0.6) is 11.5 Å². The predicted molar refractivity (Wildman–Crippen MR) is 63.0 cm³/mol. The van der Waals surface area contributed by atoms with Gasteiger partial charge in [0.2, 0.25) is 0 Å². The van der Waals surface area contributed by atoms with E-state index in [0.717, 1.165) is 0 Å². The largest absolute Gasteiger partial charge is 0.508 e. The summed E-state index contributed by atoms with van der Waals surface area (Å²) < 4.78 is 0. The van der Waals surface area contributed by atoms with E-state index in [1.165, 1.54) is 24.3 Å². The molecule has 0 aromatic heterocycles. The second kappa shape index (κ2) is 4.51. The van der Waals surface area contributed by atoms with Gasteiger partial charge in [0.15, 0.2) is 0 Å². The third-order valence-electron chi connectivity index (χ3n) is 2.38. The van der Waals surface area contributed by atoms with Crippen molar-refractivity contribution in [3.63, 3.8) is 0 Å². The Hall–Kier alpha value is -2.58. The molecule has 0 unspecified atom stereocenters. The Morgan fingerprint density at radius 3 is 1.41 bits per heavy atom. The lowest BCUT2D eigenvalue weighted by Gasteiger charge is -1.98. The molecule has 0 atom stereocenters. The van der Waals surface area contributed by atoms with Crippen molar-refractivity contribution in [1.29, 1.82) is 0 Å². The summed E-state index contributed by atoms with van der Waals surface area (Å²) in [7, 11) is 0. The molecule has 0 fully saturated rings. The molecule has 17 heavy (non-hydrogen) atoms. The van der Waals surface area contributed by atoms with Crippen LogP contribution >= 0.6 is 0 Å². The number of phenolic OH excluding ortho intramolecular Hbond substituents is 2. The van der Waals surface area contributed by atoms with Crippen molar-refractivity contribution >= 4 is 5.71 Å². The fourth-order valence-electron chi connectivity index (χ4n) is 1.52. The van der Waals surface area contributed by atoms with Gasteiger partial charge in [-0.15, -0.1) is 0 Å². The SMILES string of the molecule is [N-]=[N+]=C(c1ccc(O)cc1)c1ccc(O)cc1. The Morgan fingerprint density at radius 1 is 0.765 bits per heavy atom. The first-order valence-electron chi connectivity index (χ1n) is 5.01. The van der Waals surface area contributed by atoms with Crippen LogP contribution in [0.25, 0.3) is 5.53 Å². The van der Waals surface area contributed by atoms with Gasteiger partial charge in [-0.3, -0.25) is 0 Å². The van der Waals surface area contributed by atoms with Gasteiger partial charge >= 0.3 is 5.71 Å². The Balaban J connectivity index is 2.44. The molecule has 0 aliphatic heterocycles. The first-order valence-corrected chi connectivity index (χ1v) is 5.01. The van der Waals surface area contributed by atoms with E-state index in [1.807, 2.05) is 0 Å². The van der Waals surface area contributed by atoms with Gasteiger partial charge in [0.05, 0.1) is 11.1 Å². The molecule has 4 nitrogen and oxygen atoms in total. The summed E-state index contributed by atoms with van der Waals surface area (Å²) in [5.41, 5.74) is 10.8. The maximum absolute atomic E-state index is 9.18. The molecule has 0 saturated carbocycles. The van der Waals surface area contributed by atoms with E-state index in [4.69, 9.17) is 5.53 Å². The zero-order valence-corrected chi connectivity index (χ0v) is 8.91. The smallest absolute Gasteiger partial charge is 0.329 e. The fourth-order valence-corrected chi connectivity index (χ4v) is 1.52. The fraction of sp³-hybridized carbons (Fsp3) is 0. The van der Waals surface area contributed by atoms with Gasteiger partial charge in [0.1, 0.15) is 11.5 Å². The molecular formula is C13H10N2O2. The van der Waals surface area contributed by atoms with Crippen LogP contribution in [-0.2, 0) is 0 Å². The van der Waals surface area contributed by atoms with E-state index < -0.39 is 0 Å². The highest BCUT2D eigenvalue weighted by molar-refractivity contribution is 6.09. The molecule has 0 saturated heterocycles.